The molecule has 0 aliphatic heterocycles. The third-order valence-corrected chi connectivity index (χ3v) is 3.98. The number of carbonyl (C=O) groups is 3. The van der Waals surface area contributed by atoms with Gasteiger partial charge < -0.3 is 10.4 Å². The lowest BCUT2D eigenvalue weighted by Crippen LogP contribution is -2.34. The summed E-state index contributed by atoms with van der Waals surface area (Å²) < 4.78 is 0. The van der Waals surface area contributed by atoms with Gasteiger partial charge in [-0.25, -0.2) is 10.2 Å². The maximum atomic E-state index is 12.1. The van der Waals surface area contributed by atoms with E-state index in [2.05, 4.69) is 36.6 Å². The summed E-state index contributed by atoms with van der Waals surface area (Å²) in [6.07, 6.45) is 1.39. The molecule has 2 aromatic rings. The molecule has 0 unspecified atom stereocenters. The molecule has 0 saturated carbocycles. The number of aromatic carboxylic acids is 1. The smallest absolute Gasteiger partial charge is 0.335 e. The van der Waals surface area contributed by atoms with Gasteiger partial charge in [0.05, 0.1) is 18.3 Å². The molecule has 7 nitrogen and oxygen atoms in total. The van der Waals surface area contributed by atoms with Crippen LogP contribution in [-0.2, 0) is 10.2 Å². The van der Waals surface area contributed by atoms with Gasteiger partial charge >= 0.3 is 5.97 Å². The molecule has 0 spiro atoms. The molecule has 3 N–H and O–H groups in total. The van der Waals surface area contributed by atoms with Gasteiger partial charge in [-0.15, -0.1) is 0 Å². The third-order valence-electron chi connectivity index (χ3n) is 3.98. The Bertz CT molecular complexity index is 879. The number of benzene rings is 2. The second-order valence-electron chi connectivity index (χ2n) is 7.23. The average molecular weight is 381 g/mol. The zero-order chi connectivity index (χ0) is 20.7. The number of carbonyl (C=O) groups excluding carboxylic acids is 2. The van der Waals surface area contributed by atoms with E-state index in [1.807, 2.05) is 12.1 Å². The highest BCUT2D eigenvalue weighted by molar-refractivity contribution is 5.96. The van der Waals surface area contributed by atoms with Crippen molar-refractivity contribution in [3.05, 3.63) is 70.8 Å². The molecule has 146 valence electrons. The van der Waals surface area contributed by atoms with Crippen LogP contribution in [0.1, 0.15) is 52.6 Å². The first kappa shape index (κ1) is 20.8. The fraction of sp³-hybridized carbons (Fsp3) is 0.238. The number of nitrogens with zero attached hydrogens (tertiary/aromatic N) is 1. The maximum Gasteiger partial charge on any atom is 0.335 e. The summed E-state index contributed by atoms with van der Waals surface area (Å²) in [5.74, 6) is -1.83. The van der Waals surface area contributed by atoms with Gasteiger partial charge in [0, 0.05) is 5.56 Å². The third kappa shape index (κ3) is 6.05. The van der Waals surface area contributed by atoms with Gasteiger partial charge in [-0.3, -0.25) is 9.59 Å². The summed E-state index contributed by atoms with van der Waals surface area (Å²) in [7, 11) is 0. The monoisotopic (exact) mass is 381 g/mol. The Balaban J connectivity index is 1.81. The summed E-state index contributed by atoms with van der Waals surface area (Å²) in [6.45, 7) is 6.06. The number of carboxylic acid groups (broad SMARTS) is 1. The Hall–Kier alpha value is -3.48. The molecule has 0 saturated heterocycles. The van der Waals surface area contributed by atoms with Crippen molar-refractivity contribution < 1.29 is 19.5 Å². The molecule has 0 atom stereocenters. The van der Waals surface area contributed by atoms with E-state index in [1.165, 1.54) is 18.3 Å². The molecule has 2 aromatic carbocycles. The van der Waals surface area contributed by atoms with Gasteiger partial charge in [-0.05, 0) is 40.8 Å². The van der Waals surface area contributed by atoms with Crippen LogP contribution in [0.3, 0.4) is 0 Å². The van der Waals surface area contributed by atoms with Crippen molar-refractivity contribution in [1.29, 1.82) is 0 Å². The van der Waals surface area contributed by atoms with Crippen LogP contribution < -0.4 is 10.7 Å². The molecular weight excluding hydrogens is 358 g/mol. The van der Waals surface area contributed by atoms with Gasteiger partial charge in [0.15, 0.2) is 0 Å². The molecule has 0 fully saturated rings. The minimum atomic E-state index is -1.01. The minimum Gasteiger partial charge on any atom is -0.478 e. The average Bonchev–Trinajstić information content (AvgIpc) is 2.66. The van der Waals surface area contributed by atoms with Gasteiger partial charge in [-0.2, -0.15) is 5.10 Å². The van der Waals surface area contributed by atoms with Crippen molar-refractivity contribution in [1.82, 2.24) is 10.7 Å². The van der Waals surface area contributed by atoms with Crippen LogP contribution in [-0.4, -0.2) is 35.6 Å². The second kappa shape index (κ2) is 8.94. The minimum absolute atomic E-state index is 0.000835. The standard InChI is InChI=1S/C21H23N3O4/c1-21(2,3)17-10-8-15(9-11-17)19(26)22-13-18(25)24-23-12-14-4-6-16(7-5-14)20(27)28/h4-12H,13H2,1-3H3,(H,22,26)(H,24,25)(H,27,28)/b23-12+. The summed E-state index contributed by atoms with van der Waals surface area (Å²) in [4.78, 5) is 34.7. The molecule has 0 heterocycles. The predicted molar refractivity (Wildman–Crippen MR) is 107 cm³/mol. The second-order valence-corrected chi connectivity index (χ2v) is 7.23. The number of rotatable bonds is 6. The highest BCUT2D eigenvalue weighted by Crippen LogP contribution is 2.22. The zero-order valence-electron chi connectivity index (χ0n) is 16.0. The van der Waals surface area contributed by atoms with E-state index in [-0.39, 0.29) is 23.4 Å². The first-order valence-electron chi connectivity index (χ1n) is 8.71. The van der Waals surface area contributed by atoms with E-state index in [9.17, 15) is 14.4 Å². The van der Waals surface area contributed by atoms with Gasteiger partial charge in [-0.1, -0.05) is 45.0 Å². The molecular formula is C21H23N3O4. The van der Waals surface area contributed by atoms with Crippen molar-refractivity contribution in [3.63, 3.8) is 0 Å². The van der Waals surface area contributed by atoms with Gasteiger partial charge in [0.1, 0.15) is 0 Å². The zero-order valence-corrected chi connectivity index (χ0v) is 16.0. The molecule has 0 radical (unpaired) electrons. The number of nitrogens with one attached hydrogen (secondary N) is 2. The van der Waals surface area contributed by atoms with Crippen LogP contribution in [0.5, 0.6) is 0 Å². The van der Waals surface area contributed by atoms with Crippen molar-refractivity contribution in [3.8, 4) is 0 Å². The van der Waals surface area contributed by atoms with E-state index in [1.54, 1.807) is 24.3 Å². The summed E-state index contributed by atoms with van der Waals surface area (Å²) in [6, 6.07) is 13.3. The Morgan fingerprint density at radius 1 is 0.964 bits per heavy atom. The number of carboxylic acids is 1. The van der Waals surface area contributed by atoms with E-state index in [0.29, 0.717) is 11.1 Å². The lowest BCUT2D eigenvalue weighted by atomic mass is 9.87. The van der Waals surface area contributed by atoms with Crippen LogP contribution in [0.25, 0.3) is 0 Å². The van der Waals surface area contributed by atoms with Crippen molar-refractivity contribution in [2.24, 2.45) is 5.10 Å². The Morgan fingerprint density at radius 2 is 1.54 bits per heavy atom. The van der Waals surface area contributed by atoms with Crippen molar-refractivity contribution >= 4 is 24.0 Å². The quantitative estimate of drug-likeness (QED) is 0.528. The highest BCUT2D eigenvalue weighted by atomic mass is 16.4. The number of hydrogen-bond donors (Lipinski definition) is 3. The lowest BCUT2D eigenvalue weighted by Gasteiger charge is -2.19. The first-order chi connectivity index (χ1) is 13.2. The highest BCUT2D eigenvalue weighted by Gasteiger charge is 2.14. The predicted octanol–water partition coefficient (Wildman–Crippen LogP) is 2.56. The number of hydrogen-bond acceptors (Lipinski definition) is 4. The molecule has 0 aliphatic carbocycles. The van der Waals surface area contributed by atoms with Gasteiger partial charge in [0.25, 0.3) is 11.8 Å². The maximum absolute atomic E-state index is 12.1. The van der Waals surface area contributed by atoms with Crippen LogP contribution >= 0.6 is 0 Å². The summed E-state index contributed by atoms with van der Waals surface area (Å²) in [5.41, 5.74) is 4.70. The van der Waals surface area contributed by atoms with Gasteiger partial charge in [0.2, 0.25) is 0 Å². The summed E-state index contributed by atoms with van der Waals surface area (Å²) >= 11 is 0. The molecule has 2 rings (SSSR count). The van der Waals surface area contributed by atoms with E-state index in [0.717, 1.165) is 5.56 Å². The fourth-order valence-corrected chi connectivity index (χ4v) is 2.31. The van der Waals surface area contributed by atoms with E-state index < -0.39 is 11.9 Å². The molecule has 2 amide bonds. The van der Waals surface area contributed by atoms with Crippen LogP contribution in [0.15, 0.2) is 53.6 Å². The molecule has 7 heteroatoms. The lowest BCUT2D eigenvalue weighted by molar-refractivity contribution is -0.120. The molecule has 0 bridgehead atoms. The fourth-order valence-electron chi connectivity index (χ4n) is 2.31. The normalized spacial score (nSPS) is 11.2. The molecule has 0 aliphatic rings. The largest absolute Gasteiger partial charge is 0.478 e. The van der Waals surface area contributed by atoms with Crippen LogP contribution in [0.4, 0.5) is 0 Å². The Morgan fingerprint density at radius 3 is 2.07 bits per heavy atom. The Kier molecular flexibility index (Phi) is 6.65. The van der Waals surface area contributed by atoms with E-state index in [4.69, 9.17) is 5.11 Å². The first-order valence-corrected chi connectivity index (χ1v) is 8.71. The molecule has 0 aromatic heterocycles. The summed E-state index contributed by atoms with van der Waals surface area (Å²) in [5, 5.41) is 15.2. The topological polar surface area (TPSA) is 108 Å². The van der Waals surface area contributed by atoms with E-state index >= 15 is 0 Å². The van der Waals surface area contributed by atoms with Crippen LogP contribution in [0.2, 0.25) is 0 Å². The van der Waals surface area contributed by atoms with Crippen molar-refractivity contribution in [2.75, 3.05) is 6.54 Å². The molecule has 28 heavy (non-hydrogen) atoms. The number of hydrazone groups is 1. The number of amides is 2. The van der Waals surface area contributed by atoms with Crippen molar-refractivity contribution in [2.45, 2.75) is 26.2 Å². The van der Waals surface area contributed by atoms with Crippen LogP contribution in [0, 0.1) is 0 Å². The SMILES string of the molecule is CC(C)(C)c1ccc(C(=O)NCC(=O)N/N=C/c2ccc(C(=O)O)cc2)cc1. The Labute approximate surface area is 163 Å².